The van der Waals surface area contributed by atoms with Gasteiger partial charge in [-0.25, -0.2) is 8.42 Å². The molecule has 0 fully saturated rings. The molecular formula is C15H18BrNO2S2. The first kappa shape index (κ1) is 16.7. The van der Waals surface area contributed by atoms with Crippen LogP contribution in [0.4, 0.5) is 0 Å². The zero-order valence-corrected chi connectivity index (χ0v) is 15.0. The van der Waals surface area contributed by atoms with Crippen molar-refractivity contribution in [3.05, 3.63) is 51.1 Å². The molecule has 0 aliphatic rings. The molecule has 1 aromatic heterocycles. The molecule has 0 spiro atoms. The molecular weight excluding hydrogens is 370 g/mol. The Morgan fingerprint density at radius 1 is 1.24 bits per heavy atom. The van der Waals surface area contributed by atoms with Crippen molar-refractivity contribution < 1.29 is 8.42 Å². The lowest BCUT2D eigenvalue weighted by molar-refractivity contribution is 0.328. The maximum absolute atomic E-state index is 12.2. The Morgan fingerprint density at radius 2 is 1.95 bits per heavy atom. The van der Waals surface area contributed by atoms with E-state index in [1.165, 1.54) is 5.56 Å². The Bertz CT molecular complexity index is 668. The van der Waals surface area contributed by atoms with Crippen LogP contribution >= 0.6 is 27.3 Å². The predicted octanol–water partition coefficient (Wildman–Crippen LogP) is 3.81. The van der Waals surface area contributed by atoms with Crippen LogP contribution < -0.4 is 0 Å². The standard InChI is InChI=1S/C15H18BrNO2S2/c1-17(11-13-10-15(16)20-12-13)8-5-9-21(18,19)14-6-3-2-4-7-14/h2-4,6-7,10,12H,5,8-9,11H2,1H3. The first-order chi connectivity index (χ1) is 9.97. The Hall–Kier alpha value is -0.690. The van der Waals surface area contributed by atoms with Gasteiger partial charge in [0.25, 0.3) is 0 Å². The highest BCUT2D eigenvalue weighted by Gasteiger charge is 2.13. The molecule has 0 N–H and O–H groups in total. The van der Waals surface area contributed by atoms with E-state index in [9.17, 15) is 8.42 Å². The molecule has 0 aliphatic heterocycles. The molecule has 0 saturated heterocycles. The molecule has 21 heavy (non-hydrogen) atoms. The van der Waals surface area contributed by atoms with Gasteiger partial charge >= 0.3 is 0 Å². The number of thiophene rings is 1. The highest BCUT2D eigenvalue weighted by molar-refractivity contribution is 9.11. The van der Waals surface area contributed by atoms with Crippen molar-refractivity contribution in [3.8, 4) is 0 Å². The van der Waals surface area contributed by atoms with E-state index in [1.807, 2.05) is 13.1 Å². The Balaban J connectivity index is 1.81. The molecule has 1 heterocycles. The summed E-state index contributed by atoms with van der Waals surface area (Å²) in [6.45, 7) is 1.60. The lowest BCUT2D eigenvalue weighted by Crippen LogP contribution is -2.21. The minimum Gasteiger partial charge on any atom is -0.302 e. The largest absolute Gasteiger partial charge is 0.302 e. The van der Waals surface area contributed by atoms with Gasteiger partial charge in [0.2, 0.25) is 0 Å². The van der Waals surface area contributed by atoms with Gasteiger partial charge in [-0.3, -0.25) is 0 Å². The molecule has 2 rings (SSSR count). The smallest absolute Gasteiger partial charge is 0.178 e. The van der Waals surface area contributed by atoms with E-state index in [0.717, 1.165) is 16.9 Å². The van der Waals surface area contributed by atoms with Crippen LogP contribution in [0.15, 0.2) is 50.5 Å². The number of benzene rings is 1. The average molecular weight is 388 g/mol. The summed E-state index contributed by atoms with van der Waals surface area (Å²) in [6, 6.07) is 10.7. The number of rotatable bonds is 7. The van der Waals surface area contributed by atoms with Crippen molar-refractivity contribution in [2.24, 2.45) is 0 Å². The van der Waals surface area contributed by atoms with Gasteiger partial charge in [0.15, 0.2) is 9.84 Å². The van der Waals surface area contributed by atoms with Crippen LogP contribution in [0.25, 0.3) is 0 Å². The van der Waals surface area contributed by atoms with E-state index >= 15 is 0 Å². The highest BCUT2D eigenvalue weighted by Crippen LogP contribution is 2.21. The fraction of sp³-hybridized carbons (Fsp3) is 0.333. The van der Waals surface area contributed by atoms with Crippen LogP contribution in [0.2, 0.25) is 0 Å². The van der Waals surface area contributed by atoms with Gasteiger partial charge in [-0.2, -0.15) is 0 Å². The van der Waals surface area contributed by atoms with E-state index in [0.29, 0.717) is 11.3 Å². The van der Waals surface area contributed by atoms with Crippen LogP contribution in [0.3, 0.4) is 0 Å². The van der Waals surface area contributed by atoms with Crippen molar-refractivity contribution >= 4 is 37.1 Å². The predicted molar refractivity (Wildman–Crippen MR) is 91.5 cm³/mol. The van der Waals surface area contributed by atoms with Crippen molar-refractivity contribution in [1.29, 1.82) is 0 Å². The van der Waals surface area contributed by atoms with Gasteiger partial charge in [0.1, 0.15) is 0 Å². The first-order valence-electron chi connectivity index (χ1n) is 6.66. The van der Waals surface area contributed by atoms with Gasteiger partial charge in [0, 0.05) is 6.54 Å². The number of nitrogens with zero attached hydrogens (tertiary/aromatic N) is 1. The van der Waals surface area contributed by atoms with Crippen LogP contribution in [-0.2, 0) is 16.4 Å². The van der Waals surface area contributed by atoms with Crippen molar-refractivity contribution in [2.75, 3.05) is 19.3 Å². The van der Waals surface area contributed by atoms with Gasteiger partial charge in [0.05, 0.1) is 14.4 Å². The summed E-state index contributed by atoms with van der Waals surface area (Å²) in [7, 11) is -1.14. The Labute approximate surface area is 138 Å². The Morgan fingerprint density at radius 3 is 2.57 bits per heavy atom. The molecule has 114 valence electrons. The van der Waals surface area contributed by atoms with Crippen LogP contribution in [0.5, 0.6) is 0 Å². The lowest BCUT2D eigenvalue weighted by atomic mass is 10.3. The summed E-state index contributed by atoms with van der Waals surface area (Å²) < 4.78 is 25.4. The summed E-state index contributed by atoms with van der Waals surface area (Å²) in [4.78, 5) is 2.56. The lowest BCUT2D eigenvalue weighted by Gasteiger charge is -2.15. The molecule has 0 saturated carbocycles. The maximum atomic E-state index is 12.2. The summed E-state index contributed by atoms with van der Waals surface area (Å²) in [6.07, 6.45) is 0.638. The van der Waals surface area contributed by atoms with Crippen LogP contribution in [0, 0.1) is 0 Å². The van der Waals surface area contributed by atoms with Gasteiger partial charge in [-0.1, -0.05) is 18.2 Å². The van der Waals surface area contributed by atoms with Gasteiger partial charge < -0.3 is 4.90 Å². The molecule has 2 aromatic rings. The SMILES string of the molecule is CN(CCCS(=O)(=O)c1ccccc1)Cc1csc(Br)c1. The second kappa shape index (κ2) is 7.54. The molecule has 0 radical (unpaired) electrons. The second-order valence-electron chi connectivity index (χ2n) is 4.98. The molecule has 0 aliphatic carbocycles. The monoisotopic (exact) mass is 387 g/mol. The van der Waals surface area contributed by atoms with E-state index in [-0.39, 0.29) is 5.75 Å². The number of sulfone groups is 1. The summed E-state index contributed by atoms with van der Waals surface area (Å²) in [5, 5.41) is 2.11. The molecule has 0 amide bonds. The van der Waals surface area contributed by atoms with Crippen molar-refractivity contribution in [2.45, 2.75) is 17.9 Å². The quantitative estimate of drug-likeness (QED) is 0.724. The summed E-state index contributed by atoms with van der Waals surface area (Å²) in [5.74, 6) is 0.189. The molecule has 3 nitrogen and oxygen atoms in total. The molecule has 1 aromatic carbocycles. The van der Waals surface area contributed by atoms with E-state index < -0.39 is 9.84 Å². The van der Waals surface area contributed by atoms with E-state index in [4.69, 9.17) is 0 Å². The summed E-state index contributed by atoms with van der Waals surface area (Å²) in [5.41, 5.74) is 1.25. The average Bonchev–Trinajstić information content (AvgIpc) is 2.85. The molecule has 0 atom stereocenters. The third kappa shape index (κ3) is 5.21. The van der Waals surface area contributed by atoms with Crippen molar-refractivity contribution in [1.82, 2.24) is 4.90 Å². The third-order valence-corrected chi connectivity index (χ3v) is 6.50. The topological polar surface area (TPSA) is 37.4 Å². The Kier molecular flexibility index (Phi) is 5.98. The van der Waals surface area contributed by atoms with E-state index in [2.05, 4.69) is 32.3 Å². The van der Waals surface area contributed by atoms with Gasteiger partial charge in [-0.05, 0) is 65.1 Å². The minimum atomic E-state index is -3.16. The second-order valence-corrected chi connectivity index (χ2v) is 9.38. The fourth-order valence-electron chi connectivity index (χ4n) is 2.09. The number of hydrogen-bond donors (Lipinski definition) is 0. The third-order valence-electron chi connectivity index (χ3n) is 3.13. The van der Waals surface area contributed by atoms with E-state index in [1.54, 1.807) is 35.6 Å². The fourth-order valence-corrected chi connectivity index (χ4v) is 4.61. The number of hydrogen-bond acceptors (Lipinski definition) is 4. The molecule has 0 bridgehead atoms. The first-order valence-corrected chi connectivity index (χ1v) is 9.99. The zero-order chi connectivity index (χ0) is 15.3. The normalized spacial score (nSPS) is 12.0. The van der Waals surface area contributed by atoms with Crippen molar-refractivity contribution in [3.63, 3.8) is 0 Å². The number of halogens is 1. The van der Waals surface area contributed by atoms with Crippen LogP contribution in [-0.4, -0.2) is 32.7 Å². The van der Waals surface area contributed by atoms with Gasteiger partial charge in [-0.15, -0.1) is 11.3 Å². The zero-order valence-electron chi connectivity index (χ0n) is 11.8. The maximum Gasteiger partial charge on any atom is 0.178 e. The van der Waals surface area contributed by atoms with Crippen LogP contribution in [0.1, 0.15) is 12.0 Å². The summed E-state index contributed by atoms with van der Waals surface area (Å²) >= 11 is 5.11. The molecule has 6 heteroatoms. The highest BCUT2D eigenvalue weighted by atomic mass is 79.9. The minimum absolute atomic E-state index is 0.189. The molecule has 0 unspecified atom stereocenters.